The predicted molar refractivity (Wildman–Crippen MR) is 132 cm³/mol. The molecular formula is C28H25F4N5O2. The largest absolute Gasteiger partial charge is 0.440 e. The quantitative estimate of drug-likeness (QED) is 0.308. The number of rotatable bonds is 5. The summed E-state index contributed by atoms with van der Waals surface area (Å²) in [6.45, 7) is 6.24. The number of oxazole rings is 1. The number of fused-ring (bicyclic) bond motifs is 5. The van der Waals surface area contributed by atoms with E-state index in [0.717, 1.165) is 12.0 Å². The molecule has 7 nitrogen and oxygen atoms in total. The number of aliphatic hydroxyl groups is 1. The van der Waals surface area contributed by atoms with Gasteiger partial charge in [-0.15, -0.1) is 5.10 Å². The molecule has 11 heteroatoms. The lowest BCUT2D eigenvalue weighted by Crippen LogP contribution is -2.38. The third-order valence-corrected chi connectivity index (χ3v) is 8.46. The summed E-state index contributed by atoms with van der Waals surface area (Å²) in [5.41, 5.74) is 0.829. The van der Waals surface area contributed by atoms with Crippen molar-refractivity contribution in [3.05, 3.63) is 76.7 Å². The zero-order valence-electron chi connectivity index (χ0n) is 21.6. The minimum absolute atomic E-state index is 0.0274. The molecule has 202 valence electrons. The van der Waals surface area contributed by atoms with Gasteiger partial charge in [-0.1, -0.05) is 19.9 Å². The molecule has 4 aromatic rings. The first kappa shape index (κ1) is 25.5. The second-order valence-corrected chi connectivity index (χ2v) is 11.0. The second kappa shape index (κ2) is 8.38. The molecule has 0 aliphatic heterocycles. The Kier molecular flexibility index (Phi) is 5.49. The van der Waals surface area contributed by atoms with E-state index in [1.165, 1.54) is 31.3 Å². The normalized spacial score (nSPS) is 22.2. The molecule has 2 aliphatic rings. The van der Waals surface area contributed by atoms with Crippen molar-refractivity contribution in [1.29, 1.82) is 0 Å². The van der Waals surface area contributed by atoms with Crippen LogP contribution in [0.1, 0.15) is 74.0 Å². The lowest BCUT2D eigenvalue weighted by molar-refractivity contribution is -0.0975. The van der Waals surface area contributed by atoms with Crippen molar-refractivity contribution in [1.82, 2.24) is 25.1 Å². The molecule has 3 atom stereocenters. The number of aliphatic hydroxyl groups excluding tert-OH is 1. The van der Waals surface area contributed by atoms with E-state index in [0.29, 0.717) is 24.7 Å². The Hall–Kier alpha value is -3.73. The highest BCUT2D eigenvalue weighted by atomic mass is 19.3. The standard InChI is InChI=1S/C28H25F4N5O2/c1-13-22(24(38)27(4,31)32)35-25(39-13)19-11-33-12-20(34-19)28-9-8-15(26(28,2)3)14-10-18(36-37-23(14)28)21-16(29)6-5-7-17(21)30/h5-7,10-12,15,24,38H,8-9H2,1-4H3/t15-,24-,28-/m0/s1. The van der Waals surface area contributed by atoms with Crippen LogP contribution < -0.4 is 0 Å². The molecule has 3 aromatic heterocycles. The number of aryl methyl sites for hydroxylation is 1. The molecule has 0 radical (unpaired) electrons. The van der Waals surface area contributed by atoms with E-state index < -0.39 is 34.5 Å². The number of aromatic nitrogens is 5. The molecule has 3 heterocycles. The molecule has 0 saturated heterocycles. The zero-order valence-corrected chi connectivity index (χ0v) is 21.6. The molecule has 1 fully saturated rings. The van der Waals surface area contributed by atoms with Gasteiger partial charge in [-0.05, 0) is 54.9 Å². The van der Waals surface area contributed by atoms with E-state index in [1.807, 2.05) is 0 Å². The summed E-state index contributed by atoms with van der Waals surface area (Å²) in [5.74, 6) is -4.81. The Morgan fingerprint density at radius 2 is 1.79 bits per heavy atom. The Bertz CT molecular complexity index is 1600. The number of halogens is 4. The zero-order chi connectivity index (χ0) is 27.9. The highest BCUT2D eigenvalue weighted by Gasteiger charge is 2.65. The number of nitrogens with zero attached hydrogens (tertiary/aromatic N) is 5. The minimum Gasteiger partial charge on any atom is -0.440 e. The number of hydrogen-bond donors (Lipinski definition) is 1. The summed E-state index contributed by atoms with van der Waals surface area (Å²) in [6, 6.07) is 5.38. The van der Waals surface area contributed by atoms with Crippen molar-refractivity contribution < 1.29 is 27.1 Å². The SMILES string of the molecule is Cc1oc(-c2cncc([C@@]34CC[C@@H](c5cc(-c6c(F)cccc6F)nnc53)C4(C)C)n2)nc1[C@H](O)C(C)(F)F. The van der Waals surface area contributed by atoms with Gasteiger partial charge in [0.05, 0.1) is 34.3 Å². The van der Waals surface area contributed by atoms with Crippen LogP contribution in [0.5, 0.6) is 0 Å². The summed E-state index contributed by atoms with van der Waals surface area (Å²) in [6.07, 6.45) is 2.38. The second-order valence-electron chi connectivity index (χ2n) is 11.0. The Morgan fingerprint density at radius 3 is 2.49 bits per heavy atom. The number of alkyl halides is 2. The molecular weight excluding hydrogens is 514 g/mol. The third-order valence-electron chi connectivity index (χ3n) is 8.46. The fraction of sp³-hybridized carbons (Fsp3) is 0.393. The van der Waals surface area contributed by atoms with Gasteiger partial charge in [0.1, 0.15) is 28.8 Å². The van der Waals surface area contributed by atoms with E-state index >= 15 is 0 Å². The molecule has 6 rings (SSSR count). The number of hydrogen-bond acceptors (Lipinski definition) is 7. The highest BCUT2D eigenvalue weighted by molar-refractivity contribution is 5.64. The molecule has 0 amide bonds. The van der Waals surface area contributed by atoms with Crippen LogP contribution in [-0.4, -0.2) is 36.2 Å². The maximum atomic E-state index is 14.5. The van der Waals surface area contributed by atoms with Gasteiger partial charge in [-0.2, -0.15) is 5.10 Å². The summed E-state index contributed by atoms with van der Waals surface area (Å²) >= 11 is 0. The average molecular weight is 540 g/mol. The molecule has 39 heavy (non-hydrogen) atoms. The van der Waals surface area contributed by atoms with E-state index in [9.17, 15) is 22.7 Å². The maximum Gasteiger partial charge on any atom is 0.276 e. The lowest BCUT2D eigenvalue weighted by Gasteiger charge is -2.37. The monoisotopic (exact) mass is 539 g/mol. The fourth-order valence-electron chi connectivity index (χ4n) is 6.44. The summed E-state index contributed by atoms with van der Waals surface area (Å²) in [5, 5.41) is 18.8. The molecule has 0 spiro atoms. The van der Waals surface area contributed by atoms with E-state index in [1.54, 1.807) is 12.3 Å². The summed E-state index contributed by atoms with van der Waals surface area (Å²) < 4.78 is 62.2. The predicted octanol–water partition coefficient (Wildman–Crippen LogP) is 6.07. The Balaban J connectivity index is 1.46. The van der Waals surface area contributed by atoms with Gasteiger partial charge >= 0.3 is 0 Å². The van der Waals surface area contributed by atoms with Crippen molar-refractivity contribution >= 4 is 0 Å². The molecule has 2 bridgehead atoms. The number of benzene rings is 1. The first-order valence-electron chi connectivity index (χ1n) is 12.5. The smallest absolute Gasteiger partial charge is 0.276 e. The van der Waals surface area contributed by atoms with E-state index in [-0.39, 0.29) is 40.2 Å². The fourth-order valence-corrected chi connectivity index (χ4v) is 6.44. The van der Waals surface area contributed by atoms with Gasteiger partial charge in [-0.3, -0.25) is 4.98 Å². The van der Waals surface area contributed by atoms with Crippen LogP contribution in [-0.2, 0) is 5.41 Å². The van der Waals surface area contributed by atoms with Crippen LogP contribution in [0.4, 0.5) is 17.6 Å². The molecule has 0 unspecified atom stereocenters. The van der Waals surface area contributed by atoms with E-state index in [4.69, 9.17) is 9.40 Å². The van der Waals surface area contributed by atoms with Gasteiger partial charge in [0.25, 0.3) is 5.92 Å². The van der Waals surface area contributed by atoms with Crippen molar-refractivity contribution in [2.45, 2.75) is 63.9 Å². The molecule has 2 aliphatic carbocycles. The van der Waals surface area contributed by atoms with Gasteiger partial charge in [-0.25, -0.2) is 27.5 Å². The molecule has 1 N–H and O–H groups in total. The average Bonchev–Trinajstić information content (AvgIpc) is 3.46. The van der Waals surface area contributed by atoms with Crippen LogP contribution >= 0.6 is 0 Å². The highest BCUT2D eigenvalue weighted by Crippen LogP contribution is 2.69. The topological polar surface area (TPSA) is 97.8 Å². The maximum absolute atomic E-state index is 14.5. The molecule has 1 aromatic carbocycles. The first-order chi connectivity index (χ1) is 18.4. The minimum atomic E-state index is -3.41. The van der Waals surface area contributed by atoms with E-state index in [2.05, 4.69) is 34.0 Å². The van der Waals surface area contributed by atoms with Gasteiger partial charge in [0.2, 0.25) is 5.89 Å². The van der Waals surface area contributed by atoms with Crippen LogP contribution in [0.2, 0.25) is 0 Å². The van der Waals surface area contributed by atoms with Crippen molar-refractivity contribution in [2.75, 3.05) is 0 Å². The van der Waals surface area contributed by atoms with Gasteiger partial charge in [0, 0.05) is 13.1 Å². The Morgan fingerprint density at radius 1 is 1.08 bits per heavy atom. The summed E-state index contributed by atoms with van der Waals surface area (Å²) in [4.78, 5) is 13.3. The van der Waals surface area contributed by atoms with Crippen molar-refractivity contribution in [3.63, 3.8) is 0 Å². The van der Waals surface area contributed by atoms with Crippen molar-refractivity contribution in [3.8, 4) is 22.8 Å². The molecule has 1 saturated carbocycles. The summed E-state index contributed by atoms with van der Waals surface area (Å²) in [7, 11) is 0. The van der Waals surface area contributed by atoms with Gasteiger partial charge in [0.15, 0.2) is 6.10 Å². The lowest BCUT2D eigenvalue weighted by atomic mass is 9.66. The van der Waals surface area contributed by atoms with Crippen LogP contribution in [0.3, 0.4) is 0 Å². The van der Waals surface area contributed by atoms with Crippen LogP contribution in [0, 0.1) is 24.0 Å². The first-order valence-corrected chi connectivity index (χ1v) is 12.5. The van der Waals surface area contributed by atoms with Crippen LogP contribution in [0.15, 0.2) is 41.1 Å². The van der Waals surface area contributed by atoms with Gasteiger partial charge < -0.3 is 9.52 Å². The Labute approximate surface area is 221 Å². The van der Waals surface area contributed by atoms with Crippen molar-refractivity contribution in [2.24, 2.45) is 5.41 Å². The van der Waals surface area contributed by atoms with Crippen LogP contribution in [0.25, 0.3) is 22.8 Å². The third kappa shape index (κ3) is 3.55.